The molecule has 0 saturated carbocycles. The number of rotatable bonds is 4. The number of carbonyl (C=O) groups is 1. The number of hydrogen-bond donors (Lipinski definition) is 1. The predicted octanol–water partition coefficient (Wildman–Crippen LogP) is 3.69. The average molecular weight is 335 g/mol. The van der Waals surface area contributed by atoms with Crippen molar-refractivity contribution in [2.45, 2.75) is 13.8 Å². The van der Waals surface area contributed by atoms with Gasteiger partial charge in [-0.05, 0) is 43.7 Å². The van der Waals surface area contributed by atoms with Crippen LogP contribution < -0.4 is 10.1 Å². The van der Waals surface area contributed by atoms with E-state index in [1.807, 2.05) is 32.0 Å². The molecule has 1 aromatic heterocycles. The SMILES string of the molecule is CCNC(=O)c1cc(Oc2ccc(Br)c(C)c2)ccn1. The van der Waals surface area contributed by atoms with Crippen LogP contribution in [0.15, 0.2) is 41.0 Å². The van der Waals surface area contributed by atoms with Gasteiger partial charge in [0.1, 0.15) is 17.2 Å². The number of aryl methyl sites for hydroxylation is 1. The molecule has 1 N–H and O–H groups in total. The number of halogens is 1. The van der Waals surface area contributed by atoms with Gasteiger partial charge in [-0.2, -0.15) is 0 Å². The maximum absolute atomic E-state index is 11.7. The second kappa shape index (κ2) is 6.52. The van der Waals surface area contributed by atoms with Crippen LogP contribution in [0, 0.1) is 6.92 Å². The van der Waals surface area contributed by atoms with Crippen LogP contribution in [-0.4, -0.2) is 17.4 Å². The molecule has 5 heteroatoms. The Bertz CT molecular complexity index is 629. The molecule has 4 nitrogen and oxygen atoms in total. The van der Waals surface area contributed by atoms with Gasteiger partial charge in [-0.1, -0.05) is 15.9 Å². The molecule has 0 radical (unpaired) electrons. The van der Waals surface area contributed by atoms with E-state index in [9.17, 15) is 4.79 Å². The van der Waals surface area contributed by atoms with E-state index >= 15 is 0 Å². The van der Waals surface area contributed by atoms with Gasteiger partial charge in [-0.15, -0.1) is 0 Å². The van der Waals surface area contributed by atoms with E-state index in [1.165, 1.54) is 0 Å². The quantitative estimate of drug-likeness (QED) is 0.927. The minimum absolute atomic E-state index is 0.204. The lowest BCUT2D eigenvalue weighted by atomic mass is 10.2. The highest BCUT2D eigenvalue weighted by molar-refractivity contribution is 9.10. The average Bonchev–Trinajstić information content (AvgIpc) is 2.43. The monoisotopic (exact) mass is 334 g/mol. The third-order valence-corrected chi connectivity index (χ3v) is 3.56. The van der Waals surface area contributed by atoms with Crippen LogP contribution in [-0.2, 0) is 0 Å². The first kappa shape index (κ1) is 14.5. The number of nitrogens with zero attached hydrogens (tertiary/aromatic N) is 1. The highest BCUT2D eigenvalue weighted by Crippen LogP contribution is 2.26. The second-order valence-electron chi connectivity index (χ2n) is 4.25. The summed E-state index contributed by atoms with van der Waals surface area (Å²) in [6.07, 6.45) is 1.56. The van der Waals surface area contributed by atoms with E-state index < -0.39 is 0 Å². The maximum Gasteiger partial charge on any atom is 0.270 e. The molecule has 1 heterocycles. The van der Waals surface area contributed by atoms with E-state index in [0.717, 1.165) is 15.8 Å². The largest absolute Gasteiger partial charge is 0.457 e. The van der Waals surface area contributed by atoms with Crippen molar-refractivity contribution >= 4 is 21.8 Å². The number of benzene rings is 1. The lowest BCUT2D eigenvalue weighted by Gasteiger charge is -2.08. The minimum atomic E-state index is -0.204. The minimum Gasteiger partial charge on any atom is -0.457 e. The van der Waals surface area contributed by atoms with Gasteiger partial charge in [0.15, 0.2) is 0 Å². The van der Waals surface area contributed by atoms with Gasteiger partial charge in [-0.25, -0.2) is 0 Å². The molecule has 1 aromatic carbocycles. The Kier molecular flexibility index (Phi) is 4.74. The molecule has 0 aliphatic rings. The van der Waals surface area contributed by atoms with Gasteiger partial charge < -0.3 is 10.1 Å². The molecule has 0 aliphatic carbocycles. The van der Waals surface area contributed by atoms with Crippen LogP contribution in [0.2, 0.25) is 0 Å². The van der Waals surface area contributed by atoms with Crippen molar-refractivity contribution in [2.24, 2.45) is 0 Å². The summed E-state index contributed by atoms with van der Waals surface area (Å²) in [5, 5.41) is 2.71. The number of carbonyl (C=O) groups excluding carboxylic acids is 1. The van der Waals surface area contributed by atoms with Gasteiger partial charge in [0.05, 0.1) is 0 Å². The molecule has 0 aliphatic heterocycles. The summed E-state index contributed by atoms with van der Waals surface area (Å²) < 4.78 is 6.77. The zero-order valence-corrected chi connectivity index (χ0v) is 12.9. The molecule has 0 saturated heterocycles. The van der Waals surface area contributed by atoms with Gasteiger partial charge in [0.25, 0.3) is 5.91 Å². The number of pyridine rings is 1. The zero-order chi connectivity index (χ0) is 14.5. The van der Waals surface area contributed by atoms with E-state index in [-0.39, 0.29) is 5.91 Å². The first-order valence-corrected chi connectivity index (χ1v) is 7.07. The Morgan fingerprint density at radius 3 is 2.75 bits per heavy atom. The summed E-state index contributed by atoms with van der Waals surface area (Å²) in [5.74, 6) is 1.10. The Morgan fingerprint density at radius 1 is 1.30 bits per heavy atom. The van der Waals surface area contributed by atoms with E-state index in [0.29, 0.717) is 18.0 Å². The number of aromatic nitrogens is 1. The van der Waals surface area contributed by atoms with Gasteiger partial charge in [0, 0.05) is 23.3 Å². The Balaban J connectivity index is 2.19. The zero-order valence-electron chi connectivity index (χ0n) is 11.3. The standard InChI is InChI=1S/C15H15BrN2O2/c1-3-17-15(19)14-9-12(6-7-18-14)20-11-4-5-13(16)10(2)8-11/h4-9H,3H2,1-2H3,(H,17,19). The summed E-state index contributed by atoms with van der Waals surface area (Å²) >= 11 is 3.44. The summed E-state index contributed by atoms with van der Waals surface area (Å²) in [6, 6.07) is 9.07. The second-order valence-corrected chi connectivity index (χ2v) is 5.10. The van der Waals surface area contributed by atoms with Gasteiger partial charge in [-0.3, -0.25) is 9.78 Å². The molecule has 104 valence electrons. The number of nitrogens with one attached hydrogen (secondary N) is 1. The van der Waals surface area contributed by atoms with Crippen LogP contribution in [0.4, 0.5) is 0 Å². The molecule has 0 bridgehead atoms. The van der Waals surface area contributed by atoms with Crippen molar-refractivity contribution < 1.29 is 9.53 Å². The first-order chi connectivity index (χ1) is 9.60. The summed E-state index contributed by atoms with van der Waals surface area (Å²) in [5.41, 5.74) is 1.43. The molecule has 1 amide bonds. The van der Waals surface area contributed by atoms with Crippen LogP contribution >= 0.6 is 15.9 Å². The fourth-order valence-electron chi connectivity index (χ4n) is 1.67. The Labute approximate surface area is 126 Å². The van der Waals surface area contributed by atoms with Crippen LogP contribution in [0.3, 0.4) is 0 Å². The number of hydrogen-bond acceptors (Lipinski definition) is 3. The molecular formula is C15H15BrN2O2. The maximum atomic E-state index is 11.7. The lowest BCUT2D eigenvalue weighted by Crippen LogP contribution is -2.23. The van der Waals surface area contributed by atoms with Gasteiger partial charge >= 0.3 is 0 Å². The van der Waals surface area contributed by atoms with Crippen molar-refractivity contribution in [1.29, 1.82) is 0 Å². The van der Waals surface area contributed by atoms with Crippen LogP contribution in [0.5, 0.6) is 11.5 Å². The van der Waals surface area contributed by atoms with Crippen LogP contribution in [0.25, 0.3) is 0 Å². The van der Waals surface area contributed by atoms with E-state index in [4.69, 9.17) is 4.74 Å². The molecule has 0 spiro atoms. The van der Waals surface area contributed by atoms with E-state index in [1.54, 1.807) is 18.3 Å². The Hall–Kier alpha value is -1.88. The molecule has 0 atom stereocenters. The predicted molar refractivity (Wildman–Crippen MR) is 81.2 cm³/mol. The lowest BCUT2D eigenvalue weighted by molar-refractivity contribution is 0.0950. The normalized spacial score (nSPS) is 10.2. The van der Waals surface area contributed by atoms with Crippen molar-refractivity contribution in [3.05, 3.63) is 52.3 Å². The fraction of sp³-hybridized carbons (Fsp3) is 0.200. The smallest absolute Gasteiger partial charge is 0.270 e. The highest BCUT2D eigenvalue weighted by atomic mass is 79.9. The molecule has 20 heavy (non-hydrogen) atoms. The van der Waals surface area contributed by atoms with Crippen LogP contribution in [0.1, 0.15) is 23.0 Å². The van der Waals surface area contributed by atoms with Gasteiger partial charge in [0.2, 0.25) is 0 Å². The molecule has 2 aromatic rings. The van der Waals surface area contributed by atoms with Crippen molar-refractivity contribution in [1.82, 2.24) is 10.3 Å². The third kappa shape index (κ3) is 3.57. The van der Waals surface area contributed by atoms with Crippen molar-refractivity contribution in [3.63, 3.8) is 0 Å². The van der Waals surface area contributed by atoms with E-state index in [2.05, 4.69) is 26.2 Å². The number of amides is 1. The Morgan fingerprint density at radius 2 is 2.05 bits per heavy atom. The molecule has 2 rings (SSSR count). The third-order valence-electron chi connectivity index (χ3n) is 2.67. The summed E-state index contributed by atoms with van der Waals surface area (Å²) in [4.78, 5) is 15.7. The number of ether oxygens (including phenoxy) is 1. The van der Waals surface area contributed by atoms with Crippen molar-refractivity contribution in [2.75, 3.05) is 6.54 Å². The topological polar surface area (TPSA) is 51.2 Å². The molecule has 0 unspecified atom stereocenters. The molecular weight excluding hydrogens is 320 g/mol. The fourth-order valence-corrected chi connectivity index (χ4v) is 1.91. The molecule has 0 fully saturated rings. The van der Waals surface area contributed by atoms with Crippen molar-refractivity contribution in [3.8, 4) is 11.5 Å². The first-order valence-electron chi connectivity index (χ1n) is 6.28. The summed E-state index contributed by atoms with van der Waals surface area (Å²) in [6.45, 7) is 4.42. The summed E-state index contributed by atoms with van der Waals surface area (Å²) in [7, 11) is 0. The highest BCUT2D eigenvalue weighted by Gasteiger charge is 2.08.